The molecule has 0 radical (unpaired) electrons. The topological polar surface area (TPSA) is 102 Å². The van der Waals surface area contributed by atoms with Crippen LogP contribution in [0.15, 0.2) is 82.2 Å². The molecule has 0 spiro atoms. The van der Waals surface area contributed by atoms with Crippen molar-refractivity contribution in [3.63, 3.8) is 0 Å². The average molecular weight is 531 g/mol. The Bertz CT molecular complexity index is 1230. The molecule has 0 aliphatic rings. The predicted octanol–water partition coefficient (Wildman–Crippen LogP) is 5.46. The van der Waals surface area contributed by atoms with Crippen LogP contribution in [0.4, 0.5) is 11.4 Å². The van der Waals surface area contributed by atoms with E-state index in [1.54, 1.807) is 48.5 Å². The molecule has 0 bridgehead atoms. The maximum atomic E-state index is 12.9. The van der Waals surface area contributed by atoms with E-state index >= 15 is 0 Å². The van der Waals surface area contributed by atoms with Crippen LogP contribution in [0.2, 0.25) is 0 Å². The summed E-state index contributed by atoms with van der Waals surface area (Å²) in [6.07, 6.45) is 1.73. The Labute approximate surface area is 201 Å². The molecule has 0 aromatic heterocycles. The number of sulfonamides is 1. The van der Waals surface area contributed by atoms with Crippen molar-refractivity contribution < 1.29 is 22.7 Å². The normalized spacial score (nSPS) is 11.0. The Morgan fingerprint density at radius 3 is 2.27 bits per heavy atom. The number of para-hydroxylation sites is 1. The van der Waals surface area contributed by atoms with E-state index in [1.807, 2.05) is 6.92 Å². The van der Waals surface area contributed by atoms with Crippen molar-refractivity contribution in [3.8, 4) is 0 Å². The zero-order valence-electron chi connectivity index (χ0n) is 17.9. The molecule has 3 aromatic carbocycles. The third-order valence-corrected chi connectivity index (χ3v) is 6.56. The number of hydrogen-bond donors (Lipinski definition) is 2. The van der Waals surface area contributed by atoms with Gasteiger partial charge >= 0.3 is 5.97 Å². The van der Waals surface area contributed by atoms with Crippen LogP contribution in [0.1, 0.15) is 40.5 Å². The molecule has 3 aromatic rings. The second kappa shape index (κ2) is 11.1. The lowest BCUT2D eigenvalue weighted by Crippen LogP contribution is -2.18. The standard InChI is InChI=1S/C24H23BrN2O5S/c1-2-3-16-32-24(29)17-8-12-19(13-9-17)26-23(28)21-6-4-5-7-22(21)27-33(30,31)20-14-10-18(25)11-15-20/h4-15,27H,2-3,16H2,1H3,(H,26,28). The first-order chi connectivity index (χ1) is 15.8. The van der Waals surface area contributed by atoms with Gasteiger partial charge in [-0.25, -0.2) is 13.2 Å². The summed E-state index contributed by atoms with van der Waals surface area (Å²) < 4.78 is 33.9. The van der Waals surface area contributed by atoms with Crippen LogP contribution >= 0.6 is 15.9 Å². The quantitative estimate of drug-likeness (QED) is 0.282. The zero-order chi connectivity index (χ0) is 23.8. The number of esters is 1. The molecule has 172 valence electrons. The Morgan fingerprint density at radius 2 is 1.61 bits per heavy atom. The molecule has 0 aliphatic heterocycles. The van der Waals surface area contributed by atoms with E-state index < -0.39 is 21.9 Å². The molecule has 7 nitrogen and oxygen atoms in total. The average Bonchev–Trinajstić information content (AvgIpc) is 2.80. The smallest absolute Gasteiger partial charge is 0.338 e. The van der Waals surface area contributed by atoms with Gasteiger partial charge in [-0.2, -0.15) is 0 Å². The van der Waals surface area contributed by atoms with Crippen LogP contribution in [-0.4, -0.2) is 26.9 Å². The van der Waals surface area contributed by atoms with Gasteiger partial charge < -0.3 is 10.1 Å². The minimum absolute atomic E-state index is 0.0716. The molecule has 0 saturated carbocycles. The lowest BCUT2D eigenvalue weighted by atomic mass is 10.1. The van der Waals surface area contributed by atoms with Gasteiger partial charge in [-0.15, -0.1) is 0 Å². The van der Waals surface area contributed by atoms with E-state index in [-0.39, 0.29) is 16.1 Å². The molecular formula is C24H23BrN2O5S. The molecule has 0 unspecified atom stereocenters. The highest BCUT2D eigenvalue weighted by molar-refractivity contribution is 9.10. The van der Waals surface area contributed by atoms with Crippen LogP contribution in [0.5, 0.6) is 0 Å². The molecule has 0 atom stereocenters. The second-order valence-corrected chi connectivity index (χ2v) is 9.72. The molecule has 0 aliphatic carbocycles. The van der Waals surface area contributed by atoms with Gasteiger partial charge in [0.05, 0.1) is 28.3 Å². The molecule has 0 saturated heterocycles. The van der Waals surface area contributed by atoms with Crippen LogP contribution in [0, 0.1) is 0 Å². The lowest BCUT2D eigenvalue weighted by molar-refractivity contribution is 0.0499. The number of hydrogen-bond acceptors (Lipinski definition) is 5. The number of halogens is 1. The summed E-state index contributed by atoms with van der Waals surface area (Å²) >= 11 is 3.27. The van der Waals surface area contributed by atoms with Crippen molar-refractivity contribution >= 4 is 49.2 Å². The Balaban J connectivity index is 1.72. The third kappa shape index (κ3) is 6.66. The first-order valence-electron chi connectivity index (χ1n) is 10.3. The molecule has 0 heterocycles. The van der Waals surface area contributed by atoms with Crippen molar-refractivity contribution in [1.29, 1.82) is 0 Å². The van der Waals surface area contributed by atoms with E-state index in [0.717, 1.165) is 17.3 Å². The van der Waals surface area contributed by atoms with E-state index in [9.17, 15) is 18.0 Å². The molecule has 9 heteroatoms. The van der Waals surface area contributed by atoms with E-state index in [0.29, 0.717) is 17.9 Å². The summed E-state index contributed by atoms with van der Waals surface area (Å²) in [6.45, 7) is 2.37. The minimum atomic E-state index is -3.89. The summed E-state index contributed by atoms with van der Waals surface area (Å²) in [5.41, 5.74) is 1.14. The van der Waals surface area contributed by atoms with Gasteiger partial charge in [0.15, 0.2) is 0 Å². The van der Waals surface area contributed by atoms with Crippen LogP contribution in [0.3, 0.4) is 0 Å². The second-order valence-electron chi connectivity index (χ2n) is 7.13. The van der Waals surface area contributed by atoms with Gasteiger partial charge in [0.1, 0.15) is 0 Å². The third-order valence-electron chi connectivity index (χ3n) is 4.65. The van der Waals surface area contributed by atoms with Crippen LogP contribution in [0.25, 0.3) is 0 Å². The number of carbonyl (C=O) groups is 2. The van der Waals surface area contributed by atoms with Crippen molar-refractivity contribution in [2.45, 2.75) is 24.7 Å². The highest BCUT2D eigenvalue weighted by atomic mass is 79.9. The summed E-state index contributed by atoms with van der Waals surface area (Å²) in [4.78, 5) is 24.9. The first-order valence-corrected chi connectivity index (χ1v) is 12.5. The molecular weight excluding hydrogens is 508 g/mol. The van der Waals surface area contributed by atoms with Crippen molar-refractivity contribution in [3.05, 3.63) is 88.4 Å². The summed E-state index contributed by atoms with van der Waals surface area (Å²) in [5, 5.41) is 2.72. The fourth-order valence-electron chi connectivity index (χ4n) is 2.87. The van der Waals surface area contributed by atoms with Crippen molar-refractivity contribution in [2.75, 3.05) is 16.6 Å². The maximum Gasteiger partial charge on any atom is 0.338 e. The molecule has 33 heavy (non-hydrogen) atoms. The van der Waals surface area contributed by atoms with Gasteiger partial charge in [0.2, 0.25) is 0 Å². The molecule has 1 amide bonds. The fraction of sp³-hybridized carbons (Fsp3) is 0.167. The van der Waals surface area contributed by atoms with E-state index in [1.165, 1.54) is 24.3 Å². The van der Waals surface area contributed by atoms with Crippen LogP contribution in [-0.2, 0) is 14.8 Å². The minimum Gasteiger partial charge on any atom is -0.462 e. The van der Waals surface area contributed by atoms with Gasteiger partial charge in [0.25, 0.3) is 15.9 Å². The van der Waals surface area contributed by atoms with Gasteiger partial charge in [-0.1, -0.05) is 41.4 Å². The lowest BCUT2D eigenvalue weighted by Gasteiger charge is -2.13. The van der Waals surface area contributed by atoms with Gasteiger partial charge in [0, 0.05) is 10.2 Å². The van der Waals surface area contributed by atoms with Gasteiger partial charge in [-0.3, -0.25) is 9.52 Å². The number of anilines is 2. The van der Waals surface area contributed by atoms with E-state index in [4.69, 9.17) is 4.74 Å². The molecule has 3 rings (SSSR count). The number of nitrogens with one attached hydrogen (secondary N) is 2. The number of benzene rings is 3. The number of ether oxygens (including phenoxy) is 1. The number of carbonyl (C=O) groups excluding carboxylic acids is 2. The maximum absolute atomic E-state index is 12.9. The highest BCUT2D eigenvalue weighted by Gasteiger charge is 2.19. The number of rotatable bonds is 9. The summed E-state index contributed by atoms with van der Waals surface area (Å²) in [5.74, 6) is -0.920. The Hall–Kier alpha value is -3.17. The summed E-state index contributed by atoms with van der Waals surface area (Å²) in [7, 11) is -3.89. The zero-order valence-corrected chi connectivity index (χ0v) is 20.3. The van der Waals surface area contributed by atoms with Crippen molar-refractivity contribution in [2.24, 2.45) is 0 Å². The fourth-order valence-corrected chi connectivity index (χ4v) is 4.21. The molecule has 2 N–H and O–H groups in total. The van der Waals surface area contributed by atoms with Gasteiger partial charge in [-0.05, 0) is 67.1 Å². The largest absolute Gasteiger partial charge is 0.462 e. The predicted molar refractivity (Wildman–Crippen MR) is 131 cm³/mol. The highest BCUT2D eigenvalue weighted by Crippen LogP contribution is 2.23. The SMILES string of the molecule is CCCCOC(=O)c1ccc(NC(=O)c2ccccc2NS(=O)(=O)c2ccc(Br)cc2)cc1. The number of amides is 1. The Kier molecular flexibility index (Phi) is 8.24. The Morgan fingerprint density at radius 1 is 0.939 bits per heavy atom. The number of unbranched alkanes of at least 4 members (excludes halogenated alkanes) is 1. The van der Waals surface area contributed by atoms with Crippen molar-refractivity contribution in [1.82, 2.24) is 0 Å². The molecule has 0 fully saturated rings. The summed E-state index contributed by atoms with van der Waals surface area (Å²) in [6, 6.07) is 18.8. The van der Waals surface area contributed by atoms with E-state index in [2.05, 4.69) is 26.0 Å². The monoisotopic (exact) mass is 530 g/mol. The van der Waals surface area contributed by atoms with Crippen LogP contribution < -0.4 is 10.0 Å². The first kappa shape index (κ1) is 24.5.